The van der Waals surface area contributed by atoms with Gasteiger partial charge in [0.1, 0.15) is 5.69 Å². The minimum atomic E-state index is -0.357. The van der Waals surface area contributed by atoms with Crippen molar-refractivity contribution < 1.29 is 10.0 Å². The lowest BCUT2D eigenvalue weighted by atomic mass is 10.00. The number of aliphatic hydroxyl groups excluding tert-OH is 1. The van der Waals surface area contributed by atoms with E-state index in [1.54, 1.807) is 11.7 Å². The molecule has 1 heterocycles. The summed E-state index contributed by atoms with van der Waals surface area (Å²) in [5.74, 6) is 0.862. The van der Waals surface area contributed by atoms with Crippen LogP contribution in [0.15, 0.2) is 0 Å². The molecule has 112 valence electrons. The zero-order valence-electron chi connectivity index (χ0n) is 12.0. The van der Waals surface area contributed by atoms with Crippen molar-refractivity contribution in [3.63, 3.8) is 0 Å². The predicted octanol–water partition coefficient (Wildman–Crippen LogP) is 1.85. The third-order valence-corrected chi connectivity index (χ3v) is 4.09. The second kappa shape index (κ2) is 6.21. The Balaban J connectivity index is 2.24. The van der Waals surface area contributed by atoms with Gasteiger partial charge >= 0.3 is 5.69 Å². The summed E-state index contributed by atoms with van der Waals surface area (Å²) in [5, 5.41) is 27.9. The van der Waals surface area contributed by atoms with Crippen LogP contribution in [0.25, 0.3) is 0 Å². The number of aryl methyl sites for hydroxylation is 2. The monoisotopic (exact) mass is 282 g/mol. The van der Waals surface area contributed by atoms with Crippen LogP contribution < -0.4 is 5.32 Å². The average molecular weight is 282 g/mol. The number of hydrogen-bond acceptors (Lipinski definition) is 5. The number of hydrogen-bond donors (Lipinski definition) is 2. The van der Waals surface area contributed by atoms with E-state index >= 15 is 0 Å². The number of aromatic nitrogens is 2. The summed E-state index contributed by atoms with van der Waals surface area (Å²) < 4.78 is 1.56. The van der Waals surface area contributed by atoms with E-state index < -0.39 is 0 Å². The van der Waals surface area contributed by atoms with E-state index in [0.717, 1.165) is 25.7 Å². The van der Waals surface area contributed by atoms with Crippen molar-refractivity contribution >= 4 is 11.5 Å². The van der Waals surface area contributed by atoms with E-state index in [1.807, 2.05) is 6.92 Å². The van der Waals surface area contributed by atoms with E-state index in [0.29, 0.717) is 23.9 Å². The molecule has 0 spiro atoms. The van der Waals surface area contributed by atoms with Crippen molar-refractivity contribution in [3.05, 3.63) is 15.8 Å². The summed E-state index contributed by atoms with van der Waals surface area (Å²) >= 11 is 0. The maximum atomic E-state index is 11.3. The Kier molecular flexibility index (Phi) is 4.59. The number of nitrogens with one attached hydrogen (secondary N) is 1. The lowest BCUT2D eigenvalue weighted by molar-refractivity contribution is -0.384. The van der Waals surface area contributed by atoms with Crippen molar-refractivity contribution in [1.29, 1.82) is 0 Å². The van der Waals surface area contributed by atoms with Gasteiger partial charge in [0.25, 0.3) is 0 Å². The molecule has 1 aromatic heterocycles. The van der Waals surface area contributed by atoms with Crippen LogP contribution in [0.3, 0.4) is 0 Å². The average Bonchev–Trinajstić information content (AvgIpc) is 2.96. The minimum Gasteiger partial charge on any atom is -0.396 e. The minimum absolute atomic E-state index is 0.0876. The van der Waals surface area contributed by atoms with Gasteiger partial charge in [-0.1, -0.05) is 13.3 Å². The molecule has 2 unspecified atom stereocenters. The van der Waals surface area contributed by atoms with Crippen LogP contribution >= 0.6 is 0 Å². The largest absolute Gasteiger partial charge is 0.396 e. The summed E-state index contributed by atoms with van der Waals surface area (Å²) in [6, 6.07) is 0.181. The highest BCUT2D eigenvalue weighted by molar-refractivity contribution is 5.60. The zero-order chi connectivity index (χ0) is 14.7. The van der Waals surface area contributed by atoms with Gasteiger partial charge in [0.05, 0.1) is 4.92 Å². The number of anilines is 1. The van der Waals surface area contributed by atoms with Crippen molar-refractivity contribution in [2.75, 3.05) is 11.9 Å². The molecule has 7 heteroatoms. The molecule has 1 aliphatic carbocycles. The van der Waals surface area contributed by atoms with Crippen LogP contribution in [0, 0.1) is 16.0 Å². The zero-order valence-corrected chi connectivity index (χ0v) is 12.0. The number of aliphatic hydroxyl groups is 1. The third kappa shape index (κ3) is 2.77. The maximum absolute atomic E-state index is 11.3. The standard InChI is InChI=1S/C13H22N4O3/c1-3-10-12(17(19)20)13(16(2)15-10)14-11-6-4-5-9(11)7-8-18/h9,11,14,18H,3-8H2,1-2H3. The van der Waals surface area contributed by atoms with E-state index in [4.69, 9.17) is 5.11 Å². The molecule has 1 saturated carbocycles. The molecule has 0 aliphatic heterocycles. The lowest BCUT2D eigenvalue weighted by Crippen LogP contribution is -2.26. The Bertz CT molecular complexity index is 486. The molecule has 2 rings (SSSR count). The fraction of sp³-hybridized carbons (Fsp3) is 0.769. The van der Waals surface area contributed by atoms with Crippen molar-refractivity contribution in [1.82, 2.24) is 9.78 Å². The molecule has 0 saturated heterocycles. The van der Waals surface area contributed by atoms with E-state index in [-0.39, 0.29) is 23.3 Å². The Morgan fingerprint density at radius 3 is 2.90 bits per heavy atom. The normalized spacial score (nSPS) is 22.1. The van der Waals surface area contributed by atoms with Crippen molar-refractivity contribution in [3.8, 4) is 0 Å². The smallest absolute Gasteiger partial charge is 0.333 e. The molecule has 7 nitrogen and oxygen atoms in total. The predicted molar refractivity (Wildman–Crippen MR) is 75.7 cm³/mol. The second-order valence-corrected chi connectivity index (χ2v) is 5.33. The van der Waals surface area contributed by atoms with Crippen LogP contribution in [0.2, 0.25) is 0 Å². The quantitative estimate of drug-likeness (QED) is 0.613. The SMILES string of the molecule is CCc1nn(C)c(NC2CCCC2CCO)c1[N+](=O)[O-]. The first-order valence-electron chi connectivity index (χ1n) is 7.16. The van der Waals surface area contributed by atoms with Gasteiger partial charge in [-0.2, -0.15) is 5.10 Å². The van der Waals surface area contributed by atoms with Gasteiger partial charge < -0.3 is 10.4 Å². The summed E-state index contributed by atoms with van der Waals surface area (Å²) in [4.78, 5) is 10.9. The van der Waals surface area contributed by atoms with Crippen LogP contribution in [0.4, 0.5) is 11.5 Å². The van der Waals surface area contributed by atoms with Gasteiger partial charge in [-0.05, 0) is 31.6 Å². The van der Waals surface area contributed by atoms with Crippen molar-refractivity contribution in [2.45, 2.75) is 45.1 Å². The highest BCUT2D eigenvalue weighted by Gasteiger charge is 2.32. The first-order valence-corrected chi connectivity index (χ1v) is 7.16. The molecule has 0 radical (unpaired) electrons. The molecule has 2 atom stereocenters. The first-order chi connectivity index (χ1) is 9.58. The van der Waals surface area contributed by atoms with E-state index in [9.17, 15) is 10.1 Å². The molecule has 20 heavy (non-hydrogen) atoms. The summed E-state index contributed by atoms with van der Waals surface area (Å²) in [7, 11) is 1.73. The van der Waals surface area contributed by atoms with Gasteiger partial charge in [0.15, 0.2) is 0 Å². The Morgan fingerprint density at radius 2 is 2.30 bits per heavy atom. The topological polar surface area (TPSA) is 93.2 Å². The molecule has 0 aromatic carbocycles. The third-order valence-electron chi connectivity index (χ3n) is 4.09. The van der Waals surface area contributed by atoms with Gasteiger partial charge in [0.2, 0.25) is 5.82 Å². The van der Waals surface area contributed by atoms with Crippen molar-refractivity contribution in [2.24, 2.45) is 13.0 Å². The summed E-state index contributed by atoms with van der Waals surface area (Å²) in [6.07, 6.45) is 4.41. The Labute approximate surface area is 118 Å². The van der Waals surface area contributed by atoms with E-state index in [1.165, 1.54) is 0 Å². The molecule has 1 aliphatic rings. The van der Waals surface area contributed by atoms with E-state index in [2.05, 4.69) is 10.4 Å². The molecule has 1 fully saturated rings. The highest BCUT2D eigenvalue weighted by Crippen LogP contribution is 2.35. The first kappa shape index (κ1) is 14.8. The van der Waals surface area contributed by atoms with Crippen LogP contribution in [-0.4, -0.2) is 32.5 Å². The Hall–Kier alpha value is -1.63. The highest BCUT2D eigenvalue weighted by atomic mass is 16.6. The molecule has 2 N–H and O–H groups in total. The Morgan fingerprint density at radius 1 is 1.55 bits per heavy atom. The maximum Gasteiger partial charge on any atom is 0.333 e. The summed E-state index contributed by atoms with van der Waals surface area (Å²) in [6.45, 7) is 2.03. The van der Waals surface area contributed by atoms with Gasteiger partial charge in [-0.25, -0.2) is 4.68 Å². The molecule has 1 aromatic rings. The second-order valence-electron chi connectivity index (χ2n) is 5.33. The number of nitrogens with zero attached hydrogens (tertiary/aromatic N) is 3. The number of rotatable bonds is 6. The van der Waals surface area contributed by atoms with Gasteiger partial charge in [-0.3, -0.25) is 10.1 Å². The molecular formula is C13H22N4O3. The van der Waals surface area contributed by atoms with Gasteiger partial charge in [0, 0.05) is 19.7 Å². The molecule has 0 amide bonds. The van der Waals surface area contributed by atoms with Crippen LogP contribution in [0.5, 0.6) is 0 Å². The lowest BCUT2D eigenvalue weighted by Gasteiger charge is -2.20. The van der Waals surface area contributed by atoms with Gasteiger partial charge in [-0.15, -0.1) is 0 Å². The number of nitro groups is 1. The summed E-state index contributed by atoms with van der Waals surface area (Å²) in [5.41, 5.74) is 0.598. The fourth-order valence-corrected chi connectivity index (χ4v) is 3.07. The van der Waals surface area contributed by atoms with Crippen LogP contribution in [0.1, 0.15) is 38.3 Å². The molecule has 0 bridgehead atoms. The molecular weight excluding hydrogens is 260 g/mol. The fourth-order valence-electron chi connectivity index (χ4n) is 3.07. The van der Waals surface area contributed by atoms with Crippen LogP contribution in [-0.2, 0) is 13.5 Å².